The third kappa shape index (κ3) is 4.62. The van der Waals surface area contributed by atoms with Gasteiger partial charge >= 0.3 is 12.1 Å². The molecule has 5 nitrogen and oxygen atoms in total. The molecule has 0 aromatic rings. The lowest BCUT2D eigenvalue weighted by atomic mass is 9.45. The number of fused-ring (bicyclic) bond motifs is 5. The van der Waals surface area contributed by atoms with Crippen molar-refractivity contribution in [1.82, 2.24) is 5.32 Å². The number of unbranched alkanes of at least 4 members (excludes halogenated alkanes) is 1. The second-order valence-electron chi connectivity index (χ2n) is 11.4. The molecule has 0 bridgehead atoms. The third-order valence-corrected chi connectivity index (χ3v) is 11.2. The molecule has 4 aliphatic rings. The lowest BCUT2D eigenvalue weighted by Gasteiger charge is -2.60. The van der Waals surface area contributed by atoms with E-state index in [4.69, 9.17) is 0 Å². The normalized spacial score (nSPS) is 41.0. The van der Waals surface area contributed by atoms with Gasteiger partial charge in [-0.3, -0.25) is 9.59 Å². The van der Waals surface area contributed by atoms with Crippen molar-refractivity contribution in [2.45, 2.75) is 89.5 Å². The molecule has 1 amide bonds. The van der Waals surface area contributed by atoms with Crippen LogP contribution in [-0.2, 0) is 9.59 Å². The average Bonchev–Trinajstić information content (AvgIpc) is 3.09. The van der Waals surface area contributed by atoms with Gasteiger partial charge in [-0.25, -0.2) is 0 Å². The van der Waals surface area contributed by atoms with Crippen LogP contribution in [-0.4, -0.2) is 46.3 Å². The second kappa shape index (κ2) is 9.66. The zero-order valence-electron chi connectivity index (χ0n) is 20.1. The molecule has 7 atom stereocenters. The number of ketones is 1. The number of carbonyl (C=O) groups is 2. The number of thioether (sulfide) groups is 1. The summed E-state index contributed by atoms with van der Waals surface area (Å²) in [5, 5.41) is 16.1. The number of nitrogens with one attached hydrogen (secondary N) is 1. The molecule has 34 heavy (non-hydrogen) atoms. The van der Waals surface area contributed by atoms with Crippen LogP contribution in [0.1, 0.15) is 78.1 Å². The Balaban J connectivity index is 1.31. The van der Waals surface area contributed by atoms with Crippen molar-refractivity contribution in [1.29, 1.82) is 0 Å². The van der Waals surface area contributed by atoms with Gasteiger partial charge in [0.2, 0.25) is 0 Å². The van der Waals surface area contributed by atoms with Gasteiger partial charge in [0.15, 0.2) is 0 Å². The van der Waals surface area contributed by atoms with Gasteiger partial charge in [-0.2, -0.15) is 24.9 Å². The summed E-state index contributed by atoms with van der Waals surface area (Å²) in [6.07, 6.45) is 4.10. The van der Waals surface area contributed by atoms with Crippen LogP contribution in [0.4, 0.5) is 13.2 Å². The number of rotatable bonds is 6. The molecule has 0 heterocycles. The van der Waals surface area contributed by atoms with Gasteiger partial charge in [0.05, 0.1) is 5.71 Å². The molecule has 9 heteroatoms. The van der Waals surface area contributed by atoms with Crippen LogP contribution < -0.4 is 5.32 Å². The van der Waals surface area contributed by atoms with E-state index in [1.165, 1.54) is 0 Å². The molecular formula is C25H37F3N2O3S. The number of Topliss-reactive ketones (excluding diaryl/α,β-unsaturated/α-hetero) is 1. The molecule has 2 N–H and O–H groups in total. The zero-order chi connectivity index (χ0) is 24.7. The molecule has 0 aromatic heterocycles. The number of oxime groups is 1. The monoisotopic (exact) mass is 502 g/mol. The Morgan fingerprint density at radius 3 is 2.65 bits per heavy atom. The Morgan fingerprint density at radius 1 is 1.18 bits per heavy atom. The first-order chi connectivity index (χ1) is 16.0. The quantitative estimate of drug-likeness (QED) is 0.282. The van der Waals surface area contributed by atoms with E-state index in [2.05, 4.69) is 19.0 Å². The number of alkyl halides is 3. The van der Waals surface area contributed by atoms with Crippen molar-refractivity contribution in [3.63, 3.8) is 0 Å². The summed E-state index contributed by atoms with van der Waals surface area (Å²) in [6.45, 7) is 4.58. The molecule has 4 fully saturated rings. The van der Waals surface area contributed by atoms with Crippen molar-refractivity contribution in [3.8, 4) is 0 Å². The number of hydrogen-bond donors (Lipinski definition) is 2. The summed E-state index contributed by atoms with van der Waals surface area (Å²) in [4.78, 5) is 23.5. The predicted molar refractivity (Wildman–Crippen MR) is 126 cm³/mol. The highest BCUT2D eigenvalue weighted by molar-refractivity contribution is 7.99. The van der Waals surface area contributed by atoms with Crippen LogP contribution in [0.25, 0.3) is 0 Å². The smallest absolute Gasteiger partial charge is 0.411 e. The number of amides is 1. The van der Waals surface area contributed by atoms with Crippen molar-refractivity contribution < 1.29 is 28.0 Å². The summed E-state index contributed by atoms with van der Waals surface area (Å²) in [6, 6.07) is 0. The van der Waals surface area contributed by atoms with Gasteiger partial charge in [-0.1, -0.05) is 19.0 Å². The average molecular weight is 503 g/mol. The molecule has 4 rings (SSSR count). The lowest BCUT2D eigenvalue weighted by molar-refractivity contribution is -0.173. The fourth-order valence-electron chi connectivity index (χ4n) is 7.84. The maximum Gasteiger partial charge on any atom is 0.471 e. The molecule has 0 radical (unpaired) electrons. The molecule has 0 aliphatic heterocycles. The van der Waals surface area contributed by atoms with E-state index in [1.54, 1.807) is 0 Å². The van der Waals surface area contributed by atoms with Crippen LogP contribution in [0, 0.1) is 34.5 Å². The summed E-state index contributed by atoms with van der Waals surface area (Å²) in [7, 11) is 0. The van der Waals surface area contributed by atoms with E-state index < -0.39 is 12.1 Å². The molecule has 4 aliphatic carbocycles. The second-order valence-corrected chi connectivity index (χ2v) is 12.8. The maximum atomic E-state index is 12.7. The Morgan fingerprint density at radius 2 is 1.94 bits per heavy atom. The van der Waals surface area contributed by atoms with Crippen LogP contribution in [0.5, 0.6) is 0 Å². The van der Waals surface area contributed by atoms with Gasteiger partial charge in [0.1, 0.15) is 5.78 Å². The molecular weight excluding hydrogens is 465 g/mol. The fraction of sp³-hybridized carbons (Fsp3) is 0.880. The van der Waals surface area contributed by atoms with E-state index in [1.807, 2.05) is 17.1 Å². The highest BCUT2D eigenvalue weighted by Gasteiger charge is 2.61. The molecule has 0 spiro atoms. The first-order valence-electron chi connectivity index (χ1n) is 12.7. The fourth-order valence-corrected chi connectivity index (χ4v) is 9.16. The zero-order valence-corrected chi connectivity index (χ0v) is 20.9. The van der Waals surface area contributed by atoms with Gasteiger partial charge in [0.25, 0.3) is 0 Å². The van der Waals surface area contributed by atoms with E-state index in [0.29, 0.717) is 41.6 Å². The summed E-state index contributed by atoms with van der Waals surface area (Å²) in [5.41, 5.74) is 0.806. The van der Waals surface area contributed by atoms with E-state index in [9.17, 15) is 28.0 Å². The Labute approximate surface area is 204 Å². The maximum absolute atomic E-state index is 12.7. The Bertz CT molecular complexity index is 835. The van der Waals surface area contributed by atoms with E-state index in [-0.39, 0.29) is 23.3 Å². The number of carbonyl (C=O) groups excluding carboxylic acids is 2. The van der Waals surface area contributed by atoms with Gasteiger partial charge in [-0.05, 0) is 86.7 Å². The van der Waals surface area contributed by atoms with Gasteiger partial charge in [0, 0.05) is 29.5 Å². The summed E-state index contributed by atoms with van der Waals surface area (Å²) in [5.74, 6) is 1.03. The molecule has 0 saturated heterocycles. The molecule has 4 saturated carbocycles. The molecule has 1 unspecified atom stereocenters. The van der Waals surface area contributed by atoms with Crippen molar-refractivity contribution in [2.75, 3.05) is 12.3 Å². The van der Waals surface area contributed by atoms with Crippen molar-refractivity contribution in [2.24, 2.45) is 39.7 Å². The number of nitrogens with zero attached hydrogens (tertiary/aromatic N) is 1. The minimum atomic E-state index is -4.82. The first kappa shape index (κ1) is 25.8. The van der Waals surface area contributed by atoms with Gasteiger partial charge in [-0.15, -0.1) is 0 Å². The molecule has 192 valence electrons. The third-order valence-electron chi connectivity index (χ3n) is 9.74. The number of hydrogen-bond acceptors (Lipinski definition) is 5. The minimum absolute atomic E-state index is 0.0389. The van der Waals surface area contributed by atoms with Crippen LogP contribution in [0.3, 0.4) is 0 Å². The Hall–Kier alpha value is -1.25. The summed E-state index contributed by atoms with van der Waals surface area (Å²) >= 11 is 1.86. The van der Waals surface area contributed by atoms with Crippen molar-refractivity contribution >= 4 is 29.2 Å². The highest BCUT2D eigenvalue weighted by atomic mass is 32.2. The number of halogens is 3. The predicted octanol–water partition coefficient (Wildman–Crippen LogP) is 5.60. The Kier molecular flexibility index (Phi) is 7.34. The van der Waals surface area contributed by atoms with Crippen LogP contribution >= 0.6 is 11.8 Å². The SMILES string of the molecule is C[C@]12CC[C@H](SCCCCNC(=O)C(F)(F)F)CC1/C(=N\O)C[C@@H]1[C@@H]2CC[C@]2(C)C(=O)CC[C@@H]12. The van der Waals surface area contributed by atoms with Gasteiger partial charge < -0.3 is 10.5 Å². The summed E-state index contributed by atoms with van der Waals surface area (Å²) < 4.78 is 36.7. The van der Waals surface area contributed by atoms with Crippen LogP contribution in [0.2, 0.25) is 0 Å². The minimum Gasteiger partial charge on any atom is -0.411 e. The van der Waals surface area contributed by atoms with Crippen molar-refractivity contribution in [3.05, 3.63) is 0 Å². The molecule has 0 aromatic carbocycles. The van der Waals surface area contributed by atoms with E-state index >= 15 is 0 Å². The van der Waals surface area contributed by atoms with Crippen LogP contribution in [0.15, 0.2) is 5.16 Å². The largest absolute Gasteiger partial charge is 0.471 e. The first-order valence-corrected chi connectivity index (χ1v) is 13.8. The highest BCUT2D eigenvalue weighted by Crippen LogP contribution is 2.65. The standard InChI is InChI=1S/C25H37F3N2O3S/c1-23-9-7-15(34-12-4-3-11-29-22(32)25(26,27)28)13-19(23)20(30-33)14-16-17-5-6-21(31)24(17,2)10-8-18(16)23/h15-19,33H,3-14H2,1-2H3,(H,29,32)/b30-20-/t15-,16-,17-,18-,19?,23+,24-/m0/s1. The topological polar surface area (TPSA) is 78.8 Å². The van der Waals surface area contributed by atoms with E-state index in [0.717, 1.165) is 62.8 Å². The lowest BCUT2D eigenvalue weighted by Crippen LogP contribution is -2.56.